The van der Waals surface area contributed by atoms with Gasteiger partial charge in [-0.25, -0.2) is 4.39 Å². The van der Waals surface area contributed by atoms with Crippen LogP contribution in [0.1, 0.15) is 12.0 Å². The van der Waals surface area contributed by atoms with Crippen LogP contribution in [0.25, 0.3) is 0 Å². The van der Waals surface area contributed by atoms with Crippen LogP contribution in [0, 0.1) is 5.82 Å². The molecule has 1 heterocycles. The third-order valence-corrected chi connectivity index (χ3v) is 4.30. The van der Waals surface area contributed by atoms with Gasteiger partial charge in [0.1, 0.15) is 5.82 Å². The minimum absolute atomic E-state index is 0.243. The summed E-state index contributed by atoms with van der Waals surface area (Å²) >= 11 is 1.56. The van der Waals surface area contributed by atoms with E-state index in [-0.39, 0.29) is 11.7 Å². The van der Waals surface area contributed by atoms with E-state index in [1.807, 2.05) is 30.5 Å². The van der Waals surface area contributed by atoms with Gasteiger partial charge in [-0.2, -0.15) is 0 Å². The molecule has 118 valence electrons. The van der Waals surface area contributed by atoms with E-state index in [4.69, 9.17) is 4.84 Å². The van der Waals surface area contributed by atoms with Gasteiger partial charge in [0.25, 0.3) is 5.91 Å². The van der Waals surface area contributed by atoms with E-state index in [1.165, 1.54) is 12.1 Å². The quantitative estimate of drug-likeness (QED) is 0.870. The Kier molecular flexibility index (Phi) is 4.62. The third-order valence-electron chi connectivity index (χ3n) is 3.50. The van der Waals surface area contributed by atoms with Gasteiger partial charge >= 0.3 is 0 Å². The van der Waals surface area contributed by atoms with Gasteiger partial charge in [0.2, 0.25) is 6.10 Å². The molecular formula is C17H15FN2O2S. The molecule has 2 aromatic carbocycles. The van der Waals surface area contributed by atoms with Gasteiger partial charge in [-0.1, -0.05) is 29.4 Å². The highest BCUT2D eigenvalue weighted by atomic mass is 32.2. The van der Waals surface area contributed by atoms with E-state index in [0.29, 0.717) is 12.1 Å². The fraction of sp³-hybridized carbons (Fsp3) is 0.176. The van der Waals surface area contributed by atoms with E-state index >= 15 is 0 Å². The molecule has 23 heavy (non-hydrogen) atoms. The summed E-state index contributed by atoms with van der Waals surface area (Å²) in [5, 5.41) is 6.82. The van der Waals surface area contributed by atoms with Crippen molar-refractivity contribution < 1.29 is 14.0 Å². The SMILES string of the molecule is CSc1ccccc1NC(=O)[C@@H]1CC(c2ccc(F)cc2)=NO1. The number of thioether (sulfide) groups is 1. The van der Waals surface area contributed by atoms with Gasteiger partial charge in [0.05, 0.1) is 11.4 Å². The molecule has 0 aromatic heterocycles. The normalized spacial score (nSPS) is 16.6. The predicted octanol–water partition coefficient (Wildman–Crippen LogP) is 3.68. The first-order chi connectivity index (χ1) is 11.2. The number of hydrogen-bond donors (Lipinski definition) is 1. The molecule has 1 N–H and O–H groups in total. The predicted molar refractivity (Wildman–Crippen MR) is 89.3 cm³/mol. The number of nitrogens with one attached hydrogen (secondary N) is 1. The Morgan fingerprint density at radius 3 is 2.74 bits per heavy atom. The van der Waals surface area contributed by atoms with Gasteiger partial charge in [-0.05, 0) is 36.1 Å². The van der Waals surface area contributed by atoms with Crippen molar-refractivity contribution in [2.75, 3.05) is 11.6 Å². The number of rotatable bonds is 4. The summed E-state index contributed by atoms with van der Waals surface area (Å²) in [6.45, 7) is 0. The lowest BCUT2D eigenvalue weighted by molar-refractivity contribution is -0.125. The minimum Gasteiger partial charge on any atom is -0.382 e. The molecule has 0 spiro atoms. The minimum atomic E-state index is -0.676. The van der Waals surface area contributed by atoms with Gasteiger partial charge in [-0.3, -0.25) is 4.79 Å². The monoisotopic (exact) mass is 330 g/mol. The smallest absolute Gasteiger partial charge is 0.268 e. The van der Waals surface area contributed by atoms with Crippen molar-refractivity contribution in [3.05, 3.63) is 59.9 Å². The molecule has 0 saturated heterocycles. The lowest BCUT2D eigenvalue weighted by Crippen LogP contribution is -2.28. The van der Waals surface area contributed by atoms with Crippen LogP contribution in [-0.4, -0.2) is 24.0 Å². The van der Waals surface area contributed by atoms with E-state index in [1.54, 1.807) is 23.9 Å². The zero-order valence-corrected chi connectivity index (χ0v) is 13.3. The second-order valence-electron chi connectivity index (χ2n) is 5.03. The first-order valence-corrected chi connectivity index (χ1v) is 8.32. The number of benzene rings is 2. The van der Waals surface area contributed by atoms with Crippen molar-refractivity contribution in [1.29, 1.82) is 0 Å². The van der Waals surface area contributed by atoms with Crippen LogP contribution in [0.2, 0.25) is 0 Å². The second-order valence-corrected chi connectivity index (χ2v) is 5.88. The molecule has 0 aliphatic carbocycles. The Balaban J connectivity index is 1.65. The number of anilines is 1. The molecule has 6 heteroatoms. The fourth-order valence-electron chi connectivity index (χ4n) is 2.29. The molecule has 2 aromatic rings. The number of amides is 1. The summed E-state index contributed by atoms with van der Waals surface area (Å²) in [7, 11) is 0. The van der Waals surface area contributed by atoms with Crippen LogP contribution >= 0.6 is 11.8 Å². The molecule has 0 unspecified atom stereocenters. The molecule has 1 amide bonds. The second kappa shape index (κ2) is 6.83. The van der Waals surface area contributed by atoms with Crippen molar-refractivity contribution in [2.45, 2.75) is 17.4 Å². The Hall–Kier alpha value is -2.34. The Morgan fingerprint density at radius 2 is 2.00 bits per heavy atom. The Labute approximate surface area is 137 Å². The van der Waals surface area contributed by atoms with Gasteiger partial charge < -0.3 is 10.2 Å². The van der Waals surface area contributed by atoms with Crippen LogP contribution in [-0.2, 0) is 9.63 Å². The number of carbonyl (C=O) groups excluding carboxylic acids is 1. The van der Waals surface area contributed by atoms with Crippen LogP contribution in [0.4, 0.5) is 10.1 Å². The van der Waals surface area contributed by atoms with Gasteiger partial charge in [-0.15, -0.1) is 11.8 Å². The molecule has 0 bridgehead atoms. The highest BCUT2D eigenvalue weighted by Crippen LogP contribution is 2.26. The van der Waals surface area contributed by atoms with E-state index in [0.717, 1.165) is 16.1 Å². The molecular weight excluding hydrogens is 315 g/mol. The van der Waals surface area contributed by atoms with Crippen LogP contribution in [0.15, 0.2) is 58.6 Å². The molecule has 0 fully saturated rings. The topological polar surface area (TPSA) is 50.7 Å². The highest BCUT2D eigenvalue weighted by Gasteiger charge is 2.29. The largest absolute Gasteiger partial charge is 0.382 e. The van der Waals surface area contributed by atoms with Crippen LogP contribution in [0.5, 0.6) is 0 Å². The maximum absolute atomic E-state index is 13.0. The number of oxime groups is 1. The first kappa shape index (κ1) is 15.6. The number of hydrogen-bond acceptors (Lipinski definition) is 4. The molecule has 1 atom stereocenters. The number of carbonyl (C=O) groups is 1. The fourth-order valence-corrected chi connectivity index (χ4v) is 2.85. The van der Waals surface area contributed by atoms with Crippen molar-refractivity contribution in [2.24, 2.45) is 5.16 Å². The van der Waals surface area contributed by atoms with E-state index in [9.17, 15) is 9.18 Å². The number of nitrogens with zero attached hydrogens (tertiary/aromatic N) is 1. The van der Waals surface area contributed by atoms with Crippen LogP contribution in [0.3, 0.4) is 0 Å². The molecule has 3 rings (SSSR count). The highest BCUT2D eigenvalue weighted by molar-refractivity contribution is 7.98. The summed E-state index contributed by atoms with van der Waals surface area (Å²) < 4.78 is 13.0. The summed E-state index contributed by atoms with van der Waals surface area (Å²) in [5.41, 5.74) is 2.15. The van der Waals surface area contributed by atoms with Gasteiger partial charge in [0.15, 0.2) is 0 Å². The first-order valence-electron chi connectivity index (χ1n) is 7.10. The van der Waals surface area contributed by atoms with E-state index < -0.39 is 6.10 Å². The standard InChI is InChI=1S/C17H15FN2O2S/c1-23-16-5-3-2-4-13(16)19-17(21)15-10-14(20-22-15)11-6-8-12(18)9-7-11/h2-9,15H,10H2,1H3,(H,19,21)/t15-/m0/s1. The average molecular weight is 330 g/mol. The summed E-state index contributed by atoms with van der Waals surface area (Å²) in [6, 6.07) is 13.5. The molecule has 1 aliphatic heterocycles. The maximum Gasteiger partial charge on any atom is 0.268 e. The lowest BCUT2D eigenvalue weighted by atomic mass is 10.0. The summed E-state index contributed by atoms with van der Waals surface area (Å²) in [6.07, 6.45) is 1.64. The zero-order chi connectivity index (χ0) is 16.2. The molecule has 0 radical (unpaired) electrons. The van der Waals surface area contributed by atoms with Crippen molar-refractivity contribution in [3.8, 4) is 0 Å². The lowest BCUT2D eigenvalue weighted by Gasteiger charge is -2.12. The summed E-state index contributed by atoms with van der Waals surface area (Å²) in [5.74, 6) is -0.552. The molecule has 4 nitrogen and oxygen atoms in total. The average Bonchev–Trinajstić information content (AvgIpc) is 3.06. The Bertz CT molecular complexity index is 747. The number of halogens is 1. The van der Waals surface area contributed by atoms with Crippen molar-refractivity contribution >= 4 is 29.1 Å². The molecule has 0 saturated carbocycles. The zero-order valence-electron chi connectivity index (χ0n) is 12.5. The Morgan fingerprint density at radius 1 is 1.26 bits per heavy atom. The molecule has 1 aliphatic rings. The third kappa shape index (κ3) is 3.53. The van der Waals surface area contributed by atoms with Crippen molar-refractivity contribution in [1.82, 2.24) is 0 Å². The van der Waals surface area contributed by atoms with Crippen LogP contribution < -0.4 is 5.32 Å². The van der Waals surface area contributed by atoms with E-state index in [2.05, 4.69) is 10.5 Å². The van der Waals surface area contributed by atoms with Crippen molar-refractivity contribution in [3.63, 3.8) is 0 Å². The summed E-state index contributed by atoms with van der Waals surface area (Å²) in [4.78, 5) is 18.6. The number of para-hydroxylation sites is 1. The maximum atomic E-state index is 13.0. The van der Waals surface area contributed by atoms with Gasteiger partial charge in [0, 0.05) is 11.3 Å².